The van der Waals surface area contributed by atoms with Crippen molar-refractivity contribution in [2.24, 2.45) is 0 Å². The van der Waals surface area contributed by atoms with E-state index in [2.05, 4.69) is 15.2 Å². The Labute approximate surface area is 179 Å². The van der Waals surface area contributed by atoms with E-state index >= 15 is 0 Å². The van der Waals surface area contributed by atoms with Crippen molar-refractivity contribution < 1.29 is 18.8 Å². The number of pyridine rings is 1. The summed E-state index contributed by atoms with van der Waals surface area (Å²) in [6.07, 6.45) is 5.19. The molecule has 1 saturated carbocycles. The average Bonchev–Trinajstić information content (AvgIpc) is 3.19. The number of hydrogen-bond acceptors (Lipinski definition) is 7. The van der Waals surface area contributed by atoms with Gasteiger partial charge < -0.3 is 14.2 Å². The number of methoxy groups -OCH3 is 1. The summed E-state index contributed by atoms with van der Waals surface area (Å²) in [4.78, 5) is 32.2. The van der Waals surface area contributed by atoms with Gasteiger partial charge in [-0.05, 0) is 45.6 Å². The van der Waals surface area contributed by atoms with Gasteiger partial charge in [-0.25, -0.2) is 9.78 Å². The Balaban J connectivity index is 1.66. The number of fused-ring (bicyclic) bond motifs is 1. The molecular formula is C22H25N5O4. The van der Waals surface area contributed by atoms with E-state index < -0.39 is 6.04 Å². The third-order valence-corrected chi connectivity index (χ3v) is 6.34. The Hall–Kier alpha value is -3.23. The lowest BCUT2D eigenvalue weighted by Gasteiger charge is -2.23. The lowest BCUT2D eigenvalue weighted by molar-refractivity contribution is -0.145. The molecular weight excluding hydrogens is 398 g/mol. The van der Waals surface area contributed by atoms with Crippen molar-refractivity contribution in [2.45, 2.75) is 58.0 Å². The summed E-state index contributed by atoms with van der Waals surface area (Å²) in [6, 6.07) is 1.29. The molecule has 1 atom stereocenters. The first-order valence-corrected chi connectivity index (χ1v) is 10.7. The molecule has 4 heterocycles. The molecule has 3 aromatic rings. The van der Waals surface area contributed by atoms with E-state index in [1.807, 2.05) is 24.6 Å². The van der Waals surface area contributed by atoms with Crippen LogP contribution in [-0.2, 0) is 16.1 Å². The maximum absolute atomic E-state index is 13.7. The van der Waals surface area contributed by atoms with Crippen LogP contribution in [0.15, 0.2) is 16.8 Å². The van der Waals surface area contributed by atoms with Gasteiger partial charge in [-0.1, -0.05) is 5.16 Å². The van der Waals surface area contributed by atoms with Gasteiger partial charge in [0.25, 0.3) is 11.6 Å². The Morgan fingerprint density at radius 3 is 2.77 bits per heavy atom. The van der Waals surface area contributed by atoms with Gasteiger partial charge in [-0.3, -0.25) is 9.48 Å². The van der Waals surface area contributed by atoms with Crippen LogP contribution in [0.4, 0.5) is 0 Å². The smallest absolute Gasteiger partial charge is 0.328 e. The summed E-state index contributed by atoms with van der Waals surface area (Å²) < 4.78 is 12.4. The number of carbonyl (C=O) groups is 2. The Morgan fingerprint density at radius 1 is 1.29 bits per heavy atom. The Morgan fingerprint density at radius 2 is 2.10 bits per heavy atom. The summed E-state index contributed by atoms with van der Waals surface area (Å²) in [7, 11) is 1.35. The number of rotatable bonds is 5. The van der Waals surface area contributed by atoms with E-state index in [1.54, 1.807) is 11.1 Å². The molecule has 0 aromatic carbocycles. The van der Waals surface area contributed by atoms with E-state index in [0.717, 1.165) is 42.8 Å². The third kappa shape index (κ3) is 3.19. The van der Waals surface area contributed by atoms with Gasteiger partial charge in [0.15, 0.2) is 0 Å². The average molecular weight is 423 g/mol. The first kappa shape index (κ1) is 19.7. The van der Waals surface area contributed by atoms with Gasteiger partial charge in [0.05, 0.1) is 24.3 Å². The molecule has 2 aliphatic rings. The molecule has 2 fully saturated rings. The number of nitrogens with zero attached hydrogens (tertiary/aromatic N) is 5. The Bertz CT molecular complexity index is 1180. The van der Waals surface area contributed by atoms with Crippen LogP contribution in [0.3, 0.4) is 0 Å². The normalized spacial score (nSPS) is 18.7. The Kier molecular flexibility index (Phi) is 4.75. The van der Waals surface area contributed by atoms with Gasteiger partial charge in [-0.15, -0.1) is 0 Å². The highest BCUT2D eigenvalue weighted by molar-refractivity contribution is 6.10. The third-order valence-electron chi connectivity index (χ3n) is 6.34. The zero-order valence-corrected chi connectivity index (χ0v) is 17.9. The van der Waals surface area contributed by atoms with E-state index in [0.29, 0.717) is 41.2 Å². The van der Waals surface area contributed by atoms with Gasteiger partial charge in [-0.2, -0.15) is 5.10 Å². The lowest BCUT2D eigenvalue weighted by atomic mass is 10.0. The van der Waals surface area contributed by atoms with Crippen LogP contribution >= 0.6 is 0 Å². The maximum Gasteiger partial charge on any atom is 0.328 e. The van der Waals surface area contributed by atoms with Gasteiger partial charge in [0, 0.05) is 36.0 Å². The van der Waals surface area contributed by atoms with Crippen molar-refractivity contribution in [1.29, 1.82) is 0 Å². The van der Waals surface area contributed by atoms with Gasteiger partial charge >= 0.3 is 5.97 Å². The van der Waals surface area contributed by atoms with Crippen molar-refractivity contribution in [1.82, 2.24) is 24.8 Å². The molecule has 1 saturated heterocycles. The topological polar surface area (TPSA) is 103 Å². The molecule has 3 aromatic heterocycles. The van der Waals surface area contributed by atoms with Crippen molar-refractivity contribution >= 4 is 23.0 Å². The molecule has 0 N–H and O–H groups in total. The number of ether oxygens (including phenoxy) is 1. The zero-order valence-electron chi connectivity index (χ0n) is 17.9. The van der Waals surface area contributed by atoms with Crippen LogP contribution in [0.2, 0.25) is 0 Å². The highest BCUT2D eigenvalue weighted by Gasteiger charge is 2.38. The molecule has 162 valence electrons. The molecule has 0 radical (unpaired) electrons. The SMILES string of the molecule is CCn1ncc(-c2noc3nc(C4CC4)cc(C(=O)N4CCC[C@H]4C(=O)OC)c23)c1C. The standard InChI is InChI=1S/C22H25N5O4/c1-4-27-12(2)15(11-23-27)19-18-14(10-16(13-7-8-13)24-20(18)31-25-19)21(28)26-9-5-6-17(26)22(29)30-3/h10-11,13,17H,4-9H2,1-3H3/t17-/m0/s1. The van der Waals surface area contributed by atoms with Crippen LogP contribution in [0.5, 0.6) is 0 Å². The summed E-state index contributed by atoms with van der Waals surface area (Å²) in [5.74, 6) is -0.263. The van der Waals surface area contributed by atoms with Gasteiger partial charge in [0.1, 0.15) is 11.7 Å². The number of carbonyl (C=O) groups excluding carboxylic acids is 2. The molecule has 1 aliphatic carbocycles. The van der Waals surface area contributed by atoms with E-state index in [-0.39, 0.29) is 11.9 Å². The lowest BCUT2D eigenvalue weighted by Crippen LogP contribution is -2.41. The van der Waals surface area contributed by atoms with Crippen molar-refractivity contribution in [2.75, 3.05) is 13.7 Å². The minimum atomic E-state index is -0.571. The second kappa shape index (κ2) is 7.47. The molecule has 0 spiro atoms. The van der Waals surface area contributed by atoms with Crippen molar-refractivity contribution in [3.8, 4) is 11.3 Å². The fourth-order valence-corrected chi connectivity index (χ4v) is 4.45. The minimum absolute atomic E-state index is 0.216. The summed E-state index contributed by atoms with van der Waals surface area (Å²) in [5.41, 5.74) is 3.97. The largest absolute Gasteiger partial charge is 0.467 e. The highest BCUT2D eigenvalue weighted by Crippen LogP contribution is 2.42. The van der Waals surface area contributed by atoms with Crippen LogP contribution in [-0.4, -0.2) is 56.4 Å². The first-order valence-electron chi connectivity index (χ1n) is 10.7. The number of esters is 1. The predicted molar refractivity (Wildman–Crippen MR) is 111 cm³/mol. The predicted octanol–water partition coefficient (Wildman–Crippen LogP) is 3.07. The summed E-state index contributed by atoms with van der Waals surface area (Å²) in [5, 5.41) is 9.26. The second-order valence-corrected chi connectivity index (χ2v) is 8.22. The number of aryl methyl sites for hydroxylation is 1. The van der Waals surface area contributed by atoms with Crippen molar-refractivity contribution in [3.05, 3.63) is 29.2 Å². The molecule has 31 heavy (non-hydrogen) atoms. The second-order valence-electron chi connectivity index (χ2n) is 8.22. The minimum Gasteiger partial charge on any atom is -0.467 e. The molecule has 9 heteroatoms. The van der Waals surface area contributed by atoms with Crippen LogP contribution < -0.4 is 0 Å². The van der Waals surface area contributed by atoms with E-state index in [4.69, 9.17) is 9.26 Å². The van der Waals surface area contributed by atoms with Crippen LogP contribution in [0.25, 0.3) is 22.4 Å². The fourth-order valence-electron chi connectivity index (χ4n) is 4.45. The van der Waals surface area contributed by atoms with E-state index in [9.17, 15) is 9.59 Å². The monoisotopic (exact) mass is 423 g/mol. The summed E-state index contributed by atoms with van der Waals surface area (Å²) >= 11 is 0. The quantitative estimate of drug-likeness (QED) is 0.581. The molecule has 1 aliphatic heterocycles. The number of hydrogen-bond donors (Lipinski definition) is 0. The van der Waals surface area contributed by atoms with Crippen LogP contribution in [0.1, 0.15) is 60.3 Å². The number of aromatic nitrogens is 4. The number of likely N-dealkylation sites (tertiary alicyclic amines) is 1. The highest BCUT2D eigenvalue weighted by atomic mass is 16.5. The molecule has 5 rings (SSSR count). The molecule has 0 unspecified atom stereocenters. The molecule has 1 amide bonds. The first-order chi connectivity index (χ1) is 15.0. The van der Waals surface area contributed by atoms with Gasteiger partial charge in [0.2, 0.25) is 0 Å². The van der Waals surface area contributed by atoms with Crippen molar-refractivity contribution in [3.63, 3.8) is 0 Å². The fraction of sp³-hybridized carbons (Fsp3) is 0.500. The maximum atomic E-state index is 13.7. The number of amides is 1. The molecule has 9 nitrogen and oxygen atoms in total. The summed E-state index contributed by atoms with van der Waals surface area (Å²) in [6.45, 7) is 5.22. The molecule has 0 bridgehead atoms. The zero-order chi connectivity index (χ0) is 21.7. The van der Waals surface area contributed by atoms with Crippen LogP contribution in [0, 0.1) is 6.92 Å². The van der Waals surface area contributed by atoms with E-state index in [1.165, 1.54) is 7.11 Å².